The van der Waals surface area contributed by atoms with E-state index in [1.54, 1.807) is 11.0 Å². The van der Waals surface area contributed by atoms with Gasteiger partial charge in [-0.3, -0.25) is 14.6 Å². The summed E-state index contributed by atoms with van der Waals surface area (Å²) in [5.74, 6) is 0.545. The number of carbonyl (C=O) groups is 2. The summed E-state index contributed by atoms with van der Waals surface area (Å²) in [5.41, 5.74) is 4.55. The minimum atomic E-state index is -0.735. The maximum atomic E-state index is 13.6. The van der Waals surface area contributed by atoms with Crippen LogP contribution in [0.2, 0.25) is 5.02 Å². The van der Waals surface area contributed by atoms with Crippen LogP contribution in [0.1, 0.15) is 45.9 Å². The fourth-order valence-corrected chi connectivity index (χ4v) is 6.57. The number of aromatic nitrogens is 1. The van der Waals surface area contributed by atoms with Crippen molar-refractivity contribution in [2.75, 3.05) is 55.6 Å². The molecule has 0 bridgehead atoms. The Morgan fingerprint density at radius 3 is 2.31 bits per heavy atom. The fourth-order valence-electron chi connectivity index (χ4n) is 6.37. The van der Waals surface area contributed by atoms with Crippen molar-refractivity contribution in [2.45, 2.75) is 45.6 Å². The van der Waals surface area contributed by atoms with Gasteiger partial charge in [0.1, 0.15) is 11.7 Å². The average Bonchev–Trinajstić information content (AvgIpc) is 3.18. The Balaban J connectivity index is 1.07. The van der Waals surface area contributed by atoms with E-state index in [1.165, 1.54) is 11.9 Å². The van der Waals surface area contributed by atoms with Crippen molar-refractivity contribution in [3.05, 3.63) is 71.0 Å². The van der Waals surface area contributed by atoms with Crippen molar-refractivity contribution in [2.24, 2.45) is 5.92 Å². The topological polar surface area (TPSA) is 93.0 Å². The first-order valence-corrected chi connectivity index (χ1v) is 15.8. The molecular weight excluding hydrogens is 588 g/mol. The number of hydrogen-bond acceptors (Lipinski definition) is 7. The van der Waals surface area contributed by atoms with Gasteiger partial charge >= 0.3 is 6.09 Å². The highest BCUT2D eigenvalue weighted by atomic mass is 35.5. The van der Waals surface area contributed by atoms with Gasteiger partial charge in [0.15, 0.2) is 5.69 Å². The Bertz CT molecular complexity index is 1660. The van der Waals surface area contributed by atoms with Crippen molar-refractivity contribution >= 4 is 40.7 Å². The minimum Gasteiger partial charge on any atom is -0.444 e. The lowest BCUT2D eigenvalue weighted by molar-refractivity contribution is -0.121. The molecule has 3 aromatic rings. The zero-order valence-electron chi connectivity index (χ0n) is 26.5. The van der Waals surface area contributed by atoms with E-state index in [2.05, 4.69) is 45.1 Å². The zero-order valence-corrected chi connectivity index (χ0v) is 27.3. The van der Waals surface area contributed by atoms with E-state index in [4.69, 9.17) is 16.3 Å². The first kappa shape index (κ1) is 30.9. The number of fused-ring (bicyclic) bond motifs is 1. The summed E-state index contributed by atoms with van der Waals surface area (Å²) in [6, 6.07) is 18.3. The fraction of sp³-hybridized carbons (Fsp3) is 0.429. The van der Waals surface area contributed by atoms with Crippen LogP contribution in [0.4, 0.5) is 21.9 Å². The molecule has 2 fully saturated rings. The number of halogens is 1. The molecule has 10 heteroatoms. The molecule has 0 saturated carbocycles. The van der Waals surface area contributed by atoms with Crippen molar-refractivity contribution in [3.63, 3.8) is 0 Å². The Hall–Kier alpha value is -4.13. The first-order valence-electron chi connectivity index (χ1n) is 15.4. The summed E-state index contributed by atoms with van der Waals surface area (Å²) in [6.07, 6.45) is 1.30. The molecule has 0 unspecified atom stereocenters. The maximum Gasteiger partial charge on any atom is 0.410 e. The van der Waals surface area contributed by atoms with Crippen LogP contribution in [0, 0.1) is 17.2 Å². The molecule has 45 heavy (non-hydrogen) atoms. The standard InChI is InChI=1S/C35H39ClN6O3/c1-34(2,3)45-33(44)40-14-12-39(13-15-40)20-23-21-41(22-23)26-9-6-24(7-10-26)25-8-11-31-28(16-25)35(4,5)32(43)42(31)27-17-29(36)30(18-37)38-19-27/h6-11,16-17,19,23H,12-15,20-22H2,1-5H3. The molecule has 1 aromatic heterocycles. The number of ether oxygens (including phenoxy) is 1. The van der Waals surface area contributed by atoms with Crippen LogP contribution in [0.3, 0.4) is 0 Å². The second kappa shape index (κ2) is 11.7. The van der Waals surface area contributed by atoms with Gasteiger partial charge in [0, 0.05) is 57.4 Å². The molecule has 2 saturated heterocycles. The molecule has 2 aromatic carbocycles. The second-order valence-electron chi connectivity index (χ2n) is 13.7. The minimum absolute atomic E-state index is 0.0650. The van der Waals surface area contributed by atoms with Crippen LogP contribution in [0.5, 0.6) is 0 Å². The number of amides is 2. The number of nitrogens with zero attached hydrogens (tertiary/aromatic N) is 6. The summed E-state index contributed by atoms with van der Waals surface area (Å²) in [5, 5.41) is 9.41. The monoisotopic (exact) mass is 626 g/mol. The largest absolute Gasteiger partial charge is 0.444 e. The summed E-state index contributed by atoms with van der Waals surface area (Å²) in [4.78, 5) is 38.4. The summed E-state index contributed by atoms with van der Waals surface area (Å²) < 4.78 is 5.52. The number of carbonyl (C=O) groups excluding carboxylic acids is 2. The van der Waals surface area contributed by atoms with Gasteiger partial charge in [-0.1, -0.05) is 29.8 Å². The van der Waals surface area contributed by atoms with Crippen LogP contribution in [0.15, 0.2) is 54.7 Å². The van der Waals surface area contributed by atoms with Gasteiger partial charge in [-0.05, 0) is 81.6 Å². The summed E-state index contributed by atoms with van der Waals surface area (Å²) in [6.45, 7) is 15.8. The Kier molecular flexibility index (Phi) is 8.00. The van der Waals surface area contributed by atoms with Gasteiger partial charge in [-0.15, -0.1) is 0 Å². The van der Waals surface area contributed by atoms with Crippen molar-refractivity contribution in [1.29, 1.82) is 5.26 Å². The molecule has 0 atom stereocenters. The van der Waals surface area contributed by atoms with Crippen LogP contribution in [-0.4, -0.2) is 78.2 Å². The highest BCUT2D eigenvalue weighted by Gasteiger charge is 2.45. The predicted molar refractivity (Wildman–Crippen MR) is 176 cm³/mol. The maximum absolute atomic E-state index is 13.6. The molecule has 2 amide bonds. The van der Waals surface area contributed by atoms with Gasteiger partial charge < -0.3 is 14.5 Å². The number of hydrogen-bond donors (Lipinski definition) is 0. The van der Waals surface area contributed by atoms with E-state index in [-0.39, 0.29) is 22.7 Å². The number of benzene rings is 2. The quantitative estimate of drug-likeness (QED) is 0.332. The normalized spacial score (nSPS) is 18.4. The molecule has 9 nitrogen and oxygen atoms in total. The summed E-state index contributed by atoms with van der Waals surface area (Å²) >= 11 is 6.25. The lowest BCUT2D eigenvalue weighted by Crippen LogP contribution is -2.55. The third-order valence-electron chi connectivity index (χ3n) is 8.90. The van der Waals surface area contributed by atoms with E-state index in [1.807, 2.05) is 57.7 Å². The highest BCUT2D eigenvalue weighted by molar-refractivity contribution is 6.32. The zero-order chi connectivity index (χ0) is 32.1. The smallest absolute Gasteiger partial charge is 0.410 e. The number of rotatable bonds is 5. The second-order valence-corrected chi connectivity index (χ2v) is 14.1. The molecule has 3 aliphatic heterocycles. The van der Waals surface area contributed by atoms with Crippen LogP contribution in [-0.2, 0) is 14.9 Å². The van der Waals surface area contributed by atoms with Crippen LogP contribution >= 0.6 is 11.6 Å². The molecule has 0 aliphatic carbocycles. The average molecular weight is 627 g/mol. The molecule has 3 aliphatic rings. The highest BCUT2D eigenvalue weighted by Crippen LogP contribution is 2.47. The molecular formula is C35H39ClN6O3. The lowest BCUT2D eigenvalue weighted by Gasteiger charge is -2.44. The molecule has 234 valence electrons. The molecule has 0 spiro atoms. The van der Waals surface area contributed by atoms with Crippen molar-refractivity contribution in [1.82, 2.24) is 14.8 Å². The molecule has 4 heterocycles. The lowest BCUT2D eigenvalue weighted by atomic mass is 9.84. The number of pyridine rings is 1. The van der Waals surface area contributed by atoms with Gasteiger partial charge in [-0.25, -0.2) is 9.78 Å². The Morgan fingerprint density at radius 2 is 1.69 bits per heavy atom. The molecule has 0 N–H and O–H groups in total. The van der Waals surface area contributed by atoms with Gasteiger partial charge in [0.05, 0.1) is 28.0 Å². The predicted octanol–water partition coefficient (Wildman–Crippen LogP) is 6.22. The van der Waals surface area contributed by atoms with Crippen molar-refractivity contribution < 1.29 is 14.3 Å². The van der Waals surface area contributed by atoms with Crippen LogP contribution in [0.25, 0.3) is 11.1 Å². The van der Waals surface area contributed by atoms with Crippen molar-refractivity contribution in [3.8, 4) is 17.2 Å². The Morgan fingerprint density at radius 1 is 1.02 bits per heavy atom. The molecule has 0 radical (unpaired) electrons. The van der Waals surface area contributed by atoms with Crippen LogP contribution < -0.4 is 9.80 Å². The summed E-state index contributed by atoms with van der Waals surface area (Å²) in [7, 11) is 0. The van der Waals surface area contributed by atoms with Gasteiger partial charge in [-0.2, -0.15) is 5.26 Å². The van der Waals surface area contributed by atoms with E-state index in [9.17, 15) is 14.9 Å². The van der Waals surface area contributed by atoms with Gasteiger partial charge in [0.25, 0.3) is 0 Å². The first-order chi connectivity index (χ1) is 21.3. The number of piperazine rings is 1. The van der Waals surface area contributed by atoms with E-state index >= 15 is 0 Å². The van der Waals surface area contributed by atoms with E-state index < -0.39 is 11.0 Å². The SMILES string of the molecule is CC(C)(C)OC(=O)N1CCN(CC2CN(c3ccc(-c4ccc5c(c4)C(C)(C)C(=O)N5c4cnc(C#N)c(Cl)c4)cc3)C2)CC1. The number of nitriles is 1. The number of anilines is 3. The third kappa shape index (κ3) is 6.09. The Labute approximate surface area is 269 Å². The molecule has 6 rings (SSSR count). The van der Waals surface area contributed by atoms with E-state index in [0.29, 0.717) is 24.7 Å². The van der Waals surface area contributed by atoms with Gasteiger partial charge in [0.2, 0.25) is 5.91 Å². The van der Waals surface area contributed by atoms with E-state index in [0.717, 1.165) is 55.1 Å². The third-order valence-corrected chi connectivity index (χ3v) is 9.19.